The molecule has 7 heteroatoms. The minimum absolute atomic E-state index is 0.0644. The zero-order chi connectivity index (χ0) is 19.8. The molecule has 0 spiro atoms. The van der Waals surface area contributed by atoms with Crippen LogP contribution in [0.15, 0.2) is 47.4 Å². The standard InChI is InChI=1S/C21H16F3N3O/c1-12-5-14-3-2-4-15(14)8-19(12)25-21-26-20(28)18(24)11-27(21)10-13-6-16(22)9-17(23)7-13/h2,4-9,11H,3,10H2,1H3,(H,25,26,28). The number of allylic oxidation sites excluding steroid dienone is 1. The molecule has 1 aliphatic rings. The second kappa shape index (κ2) is 6.99. The van der Waals surface area contributed by atoms with E-state index in [-0.39, 0.29) is 18.1 Å². The molecule has 3 aromatic rings. The molecule has 4 rings (SSSR count). The molecular weight excluding hydrogens is 367 g/mol. The van der Waals surface area contributed by atoms with Gasteiger partial charge in [0, 0.05) is 18.0 Å². The van der Waals surface area contributed by atoms with Gasteiger partial charge in [-0.05, 0) is 53.8 Å². The van der Waals surface area contributed by atoms with E-state index < -0.39 is 23.0 Å². The maximum Gasteiger partial charge on any atom is 0.310 e. The summed E-state index contributed by atoms with van der Waals surface area (Å²) in [4.78, 5) is 15.5. The van der Waals surface area contributed by atoms with Gasteiger partial charge in [-0.3, -0.25) is 4.79 Å². The van der Waals surface area contributed by atoms with Crippen LogP contribution in [0.1, 0.15) is 22.3 Å². The molecule has 0 saturated carbocycles. The number of nitrogens with one attached hydrogen (secondary N) is 1. The molecule has 28 heavy (non-hydrogen) atoms. The minimum atomic E-state index is -1.05. The molecule has 0 bridgehead atoms. The summed E-state index contributed by atoms with van der Waals surface area (Å²) in [5, 5.41) is 3.05. The van der Waals surface area contributed by atoms with Crippen LogP contribution in [0.2, 0.25) is 0 Å². The smallest absolute Gasteiger partial charge is 0.310 e. The Bertz CT molecular complexity index is 1150. The van der Waals surface area contributed by atoms with Gasteiger partial charge in [-0.2, -0.15) is 9.37 Å². The van der Waals surface area contributed by atoms with Crippen molar-refractivity contribution in [2.45, 2.75) is 19.9 Å². The van der Waals surface area contributed by atoms with Crippen LogP contribution in [-0.2, 0) is 13.0 Å². The number of hydrogen-bond donors (Lipinski definition) is 1. The number of hydrogen-bond acceptors (Lipinski definition) is 3. The number of nitrogens with zero attached hydrogens (tertiary/aromatic N) is 2. The van der Waals surface area contributed by atoms with Crippen molar-refractivity contribution < 1.29 is 13.2 Å². The Morgan fingerprint density at radius 1 is 1.11 bits per heavy atom. The predicted octanol–water partition coefficient (Wildman–Crippen LogP) is 4.33. The fourth-order valence-corrected chi connectivity index (χ4v) is 3.27. The van der Waals surface area contributed by atoms with E-state index >= 15 is 0 Å². The van der Waals surface area contributed by atoms with Gasteiger partial charge in [0.25, 0.3) is 0 Å². The first-order valence-electron chi connectivity index (χ1n) is 8.68. The summed E-state index contributed by atoms with van der Waals surface area (Å²) in [6.07, 6.45) is 5.89. The van der Waals surface area contributed by atoms with E-state index in [4.69, 9.17) is 0 Å². The highest BCUT2D eigenvalue weighted by atomic mass is 19.1. The Hall–Kier alpha value is -3.35. The third-order valence-corrected chi connectivity index (χ3v) is 4.60. The van der Waals surface area contributed by atoms with Crippen LogP contribution in [0.4, 0.5) is 24.8 Å². The van der Waals surface area contributed by atoms with Crippen molar-refractivity contribution >= 4 is 17.7 Å². The van der Waals surface area contributed by atoms with Gasteiger partial charge in [0.05, 0.1) is 6.54 Å². The maximum atomic E-state index is 13.8. The van der Waals surface area contributed by atoms with Crippen LogP contribution in [0.3, 0.4) is 0 Å². The summed E-state index contributed by atoms with van der Waals surface area (Å²) >= 11 is 0. The van der Waals surface area contributed by atoms with Gasteiger partial charge in [-0.15, -0.1) is 0 Å². The summed E-state index contributed by atoms with van der Waals surface area (Å²) in [7, 11) is 0. The average Bonchev–Trinajstić information content (AvgIpc) is 3.05. The van der Waals surface area contributed by atoms with Crippen molar-refractivity contribution in [3.63, 3.8) is 0 Å². The van der Waals surface area contributed by atoms with Crippen LogP contribution in [0.5, 0.6) is 0 Å². The number of halogens is 3. The largest absolute Gasteiger partial charge is 0.325 e. The Morgan fingerprint density at radius 3 is 2.61 bits per heavy atom. The maximum absolute atomic E-state index is 13.8. The second-order valence-corrected chi connectivity index (χ2v) is 6.72. The predicted molar refractivity (Wildman–Crippen MR) is 101 cm³/mol. The van der Waals surface area contributed by atoms with Crippen molar-refractivity contribution in [3.8, 4) is 0 Å². The van der Waals surface area contributed by atoms with E-state index in [9.17, 15) is 18.0 Å². The Labute approximate surface area is 159 Å². The highest BCUT2D eigenvalue weighted by Crippen LogP contribution is 2.28. The molecule has 1 aliphatic carbocycles. The Kier molecular flexibility index (Phi) is 4.50. The van der Waals surface area contributed by atoms with E-state index in [1.807, 2.05) is 25.1 Å². The highest BCUT2D eigenvalue weighted by Gasteiger charge is 2.14. The molecule has 0 radical (unpaired) electrons. The Balaban J connectivity index is 1.74. The molecule has 2 aromatic carbocycles. The van der Waals surface area contributed by atoms with Gasteiger partial charge in [0.15, 0.2) is 0 Å². The lowest BCUT2D eigenvalue weighted by Crippen LogP contribution is -2.20. The molecule has 1 aromatic heterocycles. The molecule has 1 heterocycles. The molecular formula is C21H16F3N3O. The van der Waals surface area contributed by atoms with Crippen LogP contribution >= 0.6 is 0 Å². The highest BCUT2D eigenvalue weighted by molar-refractivity contribution is 5.70. The molecule has 0 amide bonds. The summed E-state index contributed by atoms with van der Waals surface area (Å²) in [6.45, 7) is 1.85. The summed E-state index contributed by atoms with van der Waals surface area (Å²) < 4.78 is 42.1. The van der Waals surface area contributed by atoms with Crippen LogP contribution < -0.4 is 10.9 Å². The first kappa shape index (κ1) is 18.0. The lowest BCUT2D eigenvalue weighted by atomic mass is 10.0. The van der Waals surface area contributed by atoms with Gasteiger partial charge >= 0.3 is 5.56 Å². The lowest BCUT2D eigenvalue weighted by molar-refractivity contribution is 0.568. The topological polar surface area (TPSA) is 46.9 Å². The summed E-state index contributed by atoms with van der Waals surface area (Å²) in [5.74, 6) is -2.43. The summed E-state index contributed by atoms with van der Waals surface area (Å²) in [5.41, 5.74) is 3.16. The molecule has 4 nitrogen and oxygen atoms in total. The van der Waals surface area contributed by atoms with Crippen LogP contribution in [-0.4, -0.2) is 9.55 Å². The number of aromatic nitrogens is 2. The number of aryl methyl sites for hydroxylation is 1. The number of fused-ring (bicyclic) bond motifs is 1. The van der Waals surface area contributed by atoms with Crippen molar-refractivity contribution in [2.75, 3.05) is 5.32 Å². The van der Waals surface area contributed by atoms with Crippen LogP contribution in [0, 0.1) is 24.4 Å². The molecule has 1 N–H and O–H groups in total. The van der Waals surface area contributed by atoms with Crippen molar-refractivity contribution in [3.05, 3.63) is 92.7 Å². The molecule has 0 aliphatic heterocycles. The monoisotopic (exact) mass is 383 g/mol. The fraction of sp³-hybridized carbons (Fsp3) is 0.143. The van der Waals surface area contributed by atoms with E-state index in [0.717, 1.165) is 41.9 Å². The van der Waals surface area contributed by atoms with Gasteiger partial charge in [-0.1, -0.05) is 18.2 Å². The molecule has 0 saturated heterocycles. The normalized spacial score (nSPS) is 12.3. The van der Waals surface area contributed by atoms with Gasteiger partial charge < -0.3 is 9.88 Å². The third-order valence-electron chi connectivity index (χ3n) is 4.60. The zero-order valence-electron chi connectivity index (χ0n) is 15.0. The third kappa shape index (κ3) is 3.55. The van der Waals surface area contributed by atoms with E-state index in [2.05, 4.69) is 16.4 Å². The van der Waals surface area contributed by atoms with Crippen LogP contribution in [0.25, 0.3) is 6.08 Å². The number of anilines is 2. The lowest BCUT2D eigenvalue weighted by Gasteiger charge is -2.16. The number of rotatable bonds is 4. The van der Waals surface area contributed by atoms with Gasteiger partial charge in [0.1, 0.15) is 11.6 Å². The number of benzene rings is 2. The first-order valence-corrected chi connectivity index (χ1v) is 8.68. The van der Waals surface area contributed by atoms with Crippen molar-refractivity contribution in [1.82, 2.24) is 9.55 Å². The average molecular weight is 383 g/mol. The quantitative estimate of drug-likeness (QED) is 0.730. The first-order chi connectivity index (χ1) is 13.4. The molecule has 0 atom stereocenters. The molecule has 0 unspecified atom stereocenters. The van der Waals surface area contributed by atoms with Crippen molar-refractivity contribution in [2.24, 2.45) is 0 Å². The fourth-order valence-electron chi connectivity index (χ4n) is 3.27. The Morgan fingerprint density at radius 2 is 1.86 bits per heavy atom. The van der Waals surface area contributed by atoms with E-state index in [0.29, 0.717) is 5.69 Å². The van der Waals surface area contributed by atoms with Crippen molar-refractivity contribution in [1.29, 1.82) is 0 Å². The van der Waals surface area contributed by atoms with Gasteiger partial charge in [-0.25, -0.2) is 8.78 Å². The SMILES string of the molecule is Cc1cc2c(cc1Nc1nc(=O)c(F)cn1Cc1cc(F)cc(F)c1)C=CC2. The zero-order valence-corrected chi connectivity index (χ0v) is 15.0. The minimum Gasteiger partial charge on any atom is -0.325 e. The molecule has 142 valence electrons. The van der Waals surface area contributed by atoms with Gasteiger partial charge in [0.2, 0.25) is 11.8 Å². The molecule has 0 fully saturated rings. The second-order valence-electron chi connectivity index (χ2n) is 6.72. The van der Waals surface area contributed by atoms with E-state index in [1.54, 1.807) is 0 Å². The summed E-state index contributed by atoms with van der Waals surface area (Å²) in [6, 6.07) is 7.01. The van der Waals surface area contributed by atoms with E-state index in [1.165, 1.54) is 10.1 Å².